The summed E-state index contributed by atoms with van der Waals surface area (Å²) < 4.78 is 0. The number of carbonyl (C=O) groups is 2. The molecular formula is C24H18N4O5. The first kappa shape index (κ1) is 21.6. The molecule has 1 atom stereocenters. The number of hydrogen-bond donors (Lipinski definition) is 1. The molecule has 164 valence electrons. The van der Waals surface area contributed by atoms with Crippen LogP contribution < -0.4 is 4.90 Å². The van der Waals surface area contributed by atoms with E-state index in [1.165, 1.54) is 17.0 Å². The highest BCUT2D eigenvalue weighted by atomic mass is 16.6. The molecular weight excluding hydrogens is 424 g/mol. The van der Waals surface area contributed by atoms with Gasteiger partial charge in [-0.15, -0.1) is 0 Å². The van der Waals surface area contributed by atoms with Gasteiger partial charge in [0.2, 0.25) is 5.91 Å². The first-order valence-electron chi connectivity index (χ1n) is 10.1. The summed E-state index contributed by atoms with van der Waals surface area (Å²) in [5, 5.41) is 30.4. The second-order valence-electron chi connectivity index (χ2n) is 7.78. The maximum Gasteiger partial charge on any atom is 0.308 e. The van der Waals surface area contributed by atoms with Crippen molar-refractivity contribution in [2.45, 2.75) is 13.3 Å². The van der Waals surface area contributed by atoms with Crippen LogP contribution in [0.3, 0.4) is 0 Å². The Morgan fingerprint density at radius 3 is 2.36 bits per heavy atom. The topological polar surface area (TPSA) is 137 Å². The predicted octanol–water partition coefficient (Wildman–Crippen LogP) is 3.94. The highest BCUT2D eigenvalue weighted by molar-refractivity contribution is 6.00. The average Bonchev–Trinajstić information content (AvgIpc) is 3.20. The van der Waals surface area contributed by atoms with Crippen molar-refractivity contribution in [3.63, 3.8) is 0 Å². The van der Waals surface area contributed by atoms with Gasteiger partial charge in [0, 0.05) is 36.2 Å². The molecule has 9 nitrogen and oxygen atoms in total. The van der Waals surface area contributed by atoms with Gasteiger partial charge in [0.25, 0.3) is 5.69 Å². The Balaban J connectivity index is 1.92. The third-order valence-corrected chi connectivity index (χ3v) is 5.58. The summed E-state index contributed by atoms with van der Waals surface area (Å²) in [6, 6.07) is 17.1. The van der Waals surface area contributed by atoms with Crippen molar-refractivity contribution in [2.75, 3.05) is 11.4 Å². The van der Waals surface area contributed by atoms with Crippen molar-refractivity contribution < 1.29 is 19.6 Å². The third-order valence-electron chi connectivity index (χ3n) is 5.58. The van der Waals surface area contributed by atoms with Crippen LogP contribution >= 0.6 is 0 Å². The molecule has 2 heterocycles. The van der Waals surface area contributed by atoms with E-state index in [0.717, 1.165) is 11.1 Å². The Kier molecular flexibility index (Phi) is 5.58. The summed E-state index contributed by atoms with van der Waals surface area (Å²) in [6.07, 6.45) is -0.177. The standard InChI is InChI=1S/C24H18N4O5/c1-14-2-4-15(5-3-14)19-11-21(16-6-8-18(9-7-16)28(32)33)26-23(20(19)12-25)27-13-17(24(30)31)10-22(27)29/h2-9,11,17H,10,13H2,1H3,(H,30,31). The molecule has 33 heavy (non-hydrogen) atoms. The van der Waals surface area contributed by atoms with Crippen molar-refractivity contribution in [1.29, 1.82) is 5.26 Å². The molecule has 0 saturated carbocycles. The van der Waals surface area contributed by atoms with E-state index in [-0.39, 0.29) is 30.0 Å². The molecule has 9 heteroatoms. The Morgan fingerprint density at radius 1 is 1.18 bits per heavy atom. The number of benzene rings is 2. The lowest BCUT2D eigenvalue weighted by atomic mass is 9.97. The number of non-ortho nitro benzene ring substituents is 1. The fourth-order valence-corrected chi connectivity index (χ4v) is 3.78. The quantitative estimate of drug-likeness (QED) is 0.466. The number of pyridine rings is 1. The lowest BCUT2D eigenvalue weighted by molar-refractivity contribution is -0.384. The minimum absolute atomic E-state index is 0.0783. The van der Waals surface area contributed by atoms with Crippen LogP contribution in [0.25, 0.3) is 22.4 Å². The number of anilines is 1. The van der Waals surface area contributed by atoms with E-state index in [2.05, 4.69) is 11.1 Å². The Morgan fingerprint density at radius 2 is 1.82 bits per heavy atom. The van der Waals surface area contributed by atoms with Gasteiger partial charge in [0.1, 0.15) is 11.6 Å². The zero-order valence-electron chi connectivity index (χ0n) is 17.6. The Hall–Kier alpha value is -4.58. The summed E-state index contributed by atoms with van der Waals surface area (Å²) in [5.41, 5.74) is 3.32. The molecule has 1 N–H and O–H groups in total. The number of rotatable bonds is 5. The first-order chi connectivity index (χ1) is 15.8. The number of hydrogen-bond acceptors (Lipinski definition) is 6. The van der Waals surface area contributed by atoms with Crippen molar-refractivity contribution in [3.05, 3.63) is 75.8 Å². The maximum absolute atomic E-state index is 12.7. The second kappa shape index (κ2) is 8.51. The molecule has 1 aromatic heterocycles. The number of amides is 1. The second-order valence-corrected chi connectivity index (χ2v) is 7.78. The van der Waals surface area contributed by atoms with Crippen LogP contribution in [0.2, 0.25) is 0 Å². The van der Waals surface area contributed by atoms with Gasteiger partial charge in [-0.05, 0) is 30.7 Å². The third kappa shape index (κ3) is 4.14. The molecule has 1 unspecified atom stereocenters. The van der Waals surface area contributed by atoms with Gasteiger partial charge in [-0.3, -0.25) is 24.6 Å². The molecule has 3 aromatic rings. The summed E-state index contributed by atoms with van der Waals surface area (Å²) >= 11 is 0. The summed E-state index contributed by atoms with van der Waals surface area (Å²) in [5.74, 6) is -2.33. The van der Waals surface area contributed by atoms with Gasteiger partial charge in [-0.25, -0.2) is 4.98 Å². The van der Waals surface area contributed by atoms with Crippen LogP contribution in [0, 0.1) is 34.3 Å². The number of nitriles is 1. The Bertz CT molecular complexity index is 1310. The minimum atomic E-state index is -1.09. The van der Waals surface area contributed by atoms with E-state index in [1.807, 2.05) is 31.2 Å². The molecule has 0 bridgehead atoms. The molecule has 4 rings (SSSR count). The first-order valence-corrected chi connectivity index (χ1v) is 10.1. The van der Waals surface area contributed by atoms with Gasteiger partial charge < -0.3 is 5.11 Å². The number of nitrogens with zero attached hydrogens (tertiary/aromatic N) is 4. The van der Waals surface area contributed by atoms with Gasteiger partial charge in [-0.1, -0.05) is 29.8 Å². The van der Waals surface area contributed by atoms with Crippen molar-refractivity contribution in [3.8, 4) is 28.5 Å². The van der Waals surface area contributed by atoms with Gasteiger partial charge in [0.05, 0.1) is 16.5 Å². The van der Waals surface area contributed by atoms with Crippen LogP contribution in [0.4, 0.5) is 11.5 Å². The monoisotopic (exact) mass is 442 g/mol. The normalized spacial score (nSPS) is 15.3. The largest absolute Gasteiger partial charge is 0.481 e. The number of carboxylic acids is 1. The Labute approximate surface area is 188 Å². The summed E-state index contributed by atoms with van der Waals surface area (Å²) in [6.45, 7) is 1.84. The van der Waals surface area contributed by atoms with Crippen molar-refractivity contribution in [2.24, 2.45) is 5.92 Å². The fraction of sp³-hybridized carbons (Fsp3) is 0.167. The molecule has 2 aromatic carbocycles. The zero-order chi connectivity index (χ0) is 23.7. The molecule has 1 fully saturated rings. The summed E-state index contributed by atoms with van der Waals surface area (Å²) in [7, 11) is 0. The number of nitro benzene ring substituents is 1. The van der Waals surface area contributed by atoms with Crippen LogP contribution in [0.15, 0.2) is 54.6 Å². The lowest BCUT2D eigenvalue weighted by Gasteiger charge is -2.20. The molecule has 1 aliphatic heterocycles. The highest BCUT2D eigenvalue weighted by Crippen LogP contribution is 2.36. The number of aromatic nitrogens is 1. The van der Waals surface area contributed by atoms with Gasteiger partial charge in [0.15, 0.2) is 5.82 Å². The number of carbonyl (C=O) groups excluding carboxylic acids is 1. The van der Waals surface area contributed by atoms with Crippen molar-refractivity contribution in [1.82, 2.24) is 4.98 Å². The van der Waals surface area contributed by atoms with Crippen LogP contribution in [0.1, 0.15) is 17.5 Å². The van der Waals surface area contributed by atoms with Gasteiger partial charge >= 0.3 is 5.97 Å². The average molecular weight is 442 g/mol. The molecule has 1 aliphatic rings. The zero-order valence-corrected chi connectivity index (χ0v) is 17.6. The minimum Gasteiger partial charge on any atom is -0.481 e. The van der Waals surface area contributed by atoms with E-state index in [9.17, 15) is 30.1 Å². The molecule has 0 spiro atoms. The van der Waals surface area contributed by atoms with E-state index in [4.69, 9.17) is 0 Å². The molecule has 0 radical (unpaired) electrons. The van der Waals surface area contributed by atoms with Crippen molar-refractivity contribution >= 4 is 23.4 Å². The summed E-state index contributed by atoms with van der Waals surface area (Å²) in [4.78, 5) is 40.4. The van der Waals surface area contributed by atoms with Gasteiger partial charge in [-0.2, -0.15) is 5.26 Å². The van der Waals surface area contributed by atoms with Crippen LogP contribution in [-0.4, -0.2) is 33.4 Å². The lowest BCUT2D eigenvalue weighted by Crippen LogP contribution is -2.28. The van der Waals surface area contributed by atoms with E-state index >= 15 is 0 Å². The smallest absolute Gasteiger partial charge is 0.308 e. The number of nitro groups is 1. The fourth-order valence-electron chi connectivity index (χ4n) is 3.78. The number of aryl methyl sites for hydroxylation is 1. The SMILES string of the molecule is Cc1ccc(-c2cc(-c3ccc([N+](=O)[O-])cc3)nc(N3CC(C(=O)O)CC3=O)c2C#N)cc1. The maximum atomic E-state index is 12.7. The highest BCUT2D eigenvalue weighted by Gasteiger charge is 2.37. The van der Waals surface area contributed by atoms with E-state index < -0.39 is 22.7 Å². The van der Waals surface area contributed by atoms with E-state index in [1.54, 1.807) is 18.2 Å². The number of aliphatic carboxylic acids is 1. The molecule has 1 amide bonds. The number of carboxylic acid groups (broad SMARTS) is 1. The molecule has 1 saturated heterocycles. The predicted molar refractivity (Wildman–Crippen MR) is 119 cm³/mol. The molecule has 0 aliphatic carbocycles. The van der Waals surface area contributed by atoms with E-state index in [0.29, 0.717) is 16.8 Å². The van der Waals surface area contributed by atoms with Crippen LogP contribution in [-0.2, 0) is 9.59 Å². The van der Waals surface area contributed by atoms with Crippen LogP contribution in [0.5, 0.6) is 0 Å².